The average molecular weight is 238 g/mol. The van der Waals surface area contributed by atoms with E-state index in [1.165, 1.54) is 31.6 Å². The third-order valence-electron chi connectivity index (χ3n) is 2.66. The minimum Gasteiger partial charge on any atom is -0.472 e. The van der Waals surface area contributed by atoms with Crippen molar-refractivity contribution in [2.75, 3.05) is 0 Å². The molecule has 5 heteroatoms. The van der Waals surface area contributed by atoms with E-state index < -0.39 is 17.7 Å². The van der Waals surface area contributed by atoms with Crippen LogP contribution in [0.3, 0.4) is 0 Å². The molecule has 0 saturated heterocycles. The van der Waals surface area contributed by atoms with Gasteiger partial charge in [0, 0.05) is 11.1 Å². The first-order valence-corrected chi connectivity index (χ1v) is 5.08. The van der Waals surface area contributed by atoms with E-state index in [0.29, 0.717) is 5.56 Å². The van der Waals surface area contributed by atoms with Crippen LogP contribution in [0.15, 0.2) is 35.1 Å². The minimum absolute atomic E-state index is 0.150. The average Bonchev–Trinajstić information content (AvgIpc) is 2.84. The van der Waals surface area contributed by atoms with Gasteiger partial charge in [-0.3, -0.25) is 5.84 Å². The number of halogens is 2. The lowest BCUT2D eigenvalue weighted by Gasteiger charge is -2.16. The van der Waals surface area contributed by atoms with Crippen molar-refractivity contribution in [1.29, 1.82) is 0 Å². The van der Waals surface area contributed by atoms with Crippen LogP contribution in [0.1, 0.15) is 22.7 Å². The summed E-state index contributed by atoms with van der Waals surface area (Å²) in [6.45, 7) is 1.50. The molecule has 17 heavy (non-hydrogen) atoms. The third-order valence-corrected chi connectivity index (χ3v) is 2.66. The van der Waals surface area contributed by atoms with E-state index in [1.807, 2.05) is 0 Å². The normalized spacial score (nSPS) is 12.7. The molecule has 0 aliphatic rings. The summed E-state index contributed by atoms with van der Waals surface area (Å²) in [5, 5.41) is 0. The molecule has 0 amide bonds. The third kappa shape index (κ3) is 2.07. The first-order valence-electron chi connectivity index (χ1n) is 5.08. The maximum atomic E-state index is 13.8. The van der Waals surface area contributed by atoms with Crippen LogP contribution in [0.25, 0.3) is 0 Å². The molecule has 3 nitrogen and oxygen atoms in total. The second kappa shape index (κ2) is 4.65. The van der Waals surface area contributed by atoms with Crippen molar-refractivity contribution in [2.45, 2.75) is 13.0 Å². The van der Waals surface area contributed by atoms with E-state index in [-0.39, 0.29) is 11.1 Å². The SMILES string of the molecule is Cc1ccc(C(NN)c2ccoc2)c(F)c1F. The standard InChI is InChI=1S/C12H12F2N2O/c1-7-2-3-9(11(14)10(7)13)12(16-15)8-4-5-17-6-8/h2-6,12,16H,15H2,1H3. The molecule has 1 unspecified atom stereocenters. The Morgan fingerprint density at radius 3 is 2.59 bits per heavy atom. The summed E-state index contributed by atoms with van der Waals surface area (Å²) in [6.07, 6.45) is 2.88. The van der Waals surface area contributed by atoms with Crippen LogP contribution in [-0.2, 0) is 0 Å². The molecule has 1 aromatic heterocycles. The van der Waals surface area contributed by atoms with Crippen LogP contribution in [0.2, 0.25) is 0 Å². The predicted octanol–water partition coefficient (Wildman–Crippen LogP) is 2.42. The lowest BCUT2D eigenvalue weighted by molar-refractivity contribution is 0.477. The lowest BCUT2D eigenvalue weighted by Crippen LogP contribution is -2.29. The Morgan fingerprint density at radius 1 is 1.24 bits per heavy atom. The molecule has 3 N–H and O–H groups in total. The number of nitrogens with two attached hydrogens (primary N) is 1. The van der Waals surface area contributed by atoms with Gasteiger partial charge in [0.25, 0.3) is 0 Å². The van der Waals surface area contributed by atoms with E-state index in [1.54, 1.807) is 6.07 Å². The summed E-state index contributed by atoms with van der Waals surface area (Å²) in [5.41, 5.74) is 3.48. The lowest BCUT2D eigenvalue weighted by atomic mass is 9.99. The zero-order valence-electron chi connectivity index (χ0n) is 9.21. The fraction of sp³-hybridized carbons (Fsp3) is 0.167. The van der Waals surface area contributed by atoms with Gasteiger partial charge in [-0.25, -0.2) is 14.2 Å². The fourth-order valence-corrected chi connectivity index (χ4v) is 1.69. The molecule has 1 atom stereocenters. The van der Waals surface area contributed by atoms with Crippen molar-refractivity contribution >= 4 is 0 Å². The zero-order valence-corrected chi connectivity index (χ0v) is 9.21. The molecule has 0 bridgehead atoms. The largest absolute Gasteiger partial charge is 0.472 e. The first kappa shape index (κ1) is 11.8. The Labute approximate surface area is 97.2 Å². The van der Waals surface area contributed by atoms with Crippen LogP contribution >= 0.6 is 0 Å². The van der Waals surface area contributed by atoms with E-state index in [9.17, 15) is 8.78 Å². The van der Waals surface area contributed by atoms with E-state index in [2.05, 4.69) is 5.43 Å². The molecular formula is C12H12F2N2O. The molecule has 2 rings (SSSR count). The highest BCUT2D eigenvalue weighted by Crippen LogP contribution is 2.26. The summed E-state index contributed by atoms with van der Waals surface area (Å²) >= 11 is 0. The van der Waals surface area contributed by atoms with Crippen LogP contribution in [0, 0.1) is 18.6 Å². The fourth-order valence-electron chi connectivity index (χ4n) is 1.69. The molecular weight excluding hydrogens is 226 g/mol. The topological polar surface area (TPSA) is 51.2 Å². The van der Waals surface area contributed by atoms with Crippen LogP contribution < -0.4 is 11.3 Å². The molecule has 0 radical (unpaired) electrons. The molecule has 90 valence electrons. The van der Waals surface area contributed by atoms with Crippen LogP contribution in [-0.4, -0.2) is 0 Å². The Morgan fingerprint density at radius 2 is 2.00 bits per heavy atom. The first-order chi connectivity index (χ1) is 8.15. The van der Waals surface area contributed by atoms with Crippen LogP contribution in [0.4, 0.5) is 8.78 Å². The monoisotopic (exact) mass is 238 g/mol. The van der Waals surface area contributed by atoms with Crippen molar-refractivity contribution < 1.29 is 13.2 Å². The number of aryl methyl sites for hydroxylation is 1. The van der Waals surface area contributed by atoms with E-state index >= 15 is 0 Å². The molecule has 0 aliphatic heterocycles. The summed E-state index contributed by atoms with van der Waals surface area (Å²) in [7, 11) is 0. The molecule has 0 fully saturated rings. The van der Waals surface area contributed by atoms with Gasteiger partial charge in [0.2, 0.25) is 0 Å². The van der Waals surface area contributed by atoms with E-state index in [0.717, 1.165) is 0 Å². The molecule has 0 saturated carbocycles. The van der Waals surface area contributed by atoms with Gasteiger partial charge in [-0.2, -0.15) is 0 Å². The van der Waals surface area contributed by atoms with Gasteiger partial charge in [0.15, 0.2) is 11.6 Å². The van der Waals surface area contributed by atoms with Gasteiger partial charge >= 0.3 is 0 Å². The Hall–Kier alpha value is -1.72. The number of hydrogen-bond donors (Lipinski definition) is 2. The van der Waals surface area contributed by atoms with Crippen molar-refractivity contribution in [3.05, 3.63) is 59.1 Å². The maximum absolute atomic E-state index is 13.8. The summed E-state index contributed by atoms with van der Waals surface area (Å²) in [4.78, 5) is 0. The Bertz CT molecular complexity index is 511. The number of hydrogen-bond acceptors (Lipinski definition) is 3. The highest BCUT2D eigenvalue weighted by molar-refractivity contribution is 5.33. The number of furan rings is 1. The summed E-state index contributed by atoms with van der Waals surface area (Å²) < 4.78 is 32.2. The molecule has 1 heterocycles. The summed E-state index contributed by atoms with van der Waals surface area (Å²) in [6, 6.07) is 4.02. The highest BCUT2D eigenvalue weighted by Gasteiger charge is 2.20. The zero-order chi connectivity index (χ0) is 12.4. The highest BCUT2D eigenvalue weighted by atomic mass is 19.2. The van der Waals surface area contributed by atoms with Gasteiger partial charge in [-0.15, -0.1) is 0 Å². The minimum atomic E-state index is -0.894. The van der Waals surface area contributed by atoms with Gasteiger partial charge in [0.05, 0.1) is 18.6 Å². The summed E-state index contributed by atoms with van der Waals surface area (Å²) in [5.74, 6) is 3.62. The number of hydrazine groups is 1. The van der Waals surface area contributed by atoms with Crippen molar-refractivity contribution in [3.63, 3.8) is 0 Å². The van der Waals surface area contributed by atoms with Gasteiger partial charge < -0.3 is 4.42 Å². The predicted molar refractivity (Wildman–Crippen MR) is 59.0 cm³/mol. The van der Waals surface area contributed by atoms with Crippen LogP contribution in [0.5, 0.6) is 0 Å². The Kier molecular flexibility index (Phi) is 3.21. The second-order valence-electron chi connectivity index (χ2n) is 3.76. The van der Waals surface area contributed by atoms with Crippen molar-refractivity contribution in [3.8, 4) is 0 Å². The quantitative estimate of drug-likeness (QED) is 0.637. The van der Waals surface area contributed by atoms with Gasteiger partial charge in [-0.1, -0.05) is 12.1 Å². The molecule has 2 aromatic rings. The smallest absolute Gasteiger partial charge is 0.164 e. The number of nitrogens with one attached hydrogen (secondary N) is 1. The van der Waals surface area contributed by atoms with Gasteiger partial charge in [0.1, 0.15) is 0 Å². The molecule has 0 spiro atoms. The molecule has 0 aliphatic carbocycles. The van der Waals surface area contributed by atoms with Crippen molar-refractivity contribution in [1.82, 2.24) is 5.43 Å². The van der Waals surface area contributed by atoms with E-state index in [4.69, 9.17) is 10.3 Å². The second-order valence-corrected chi connectivity index (χ2v) is 3.76. The number of rotatable bonds is 3. The number of benzene rings is 1. The van der Waals surface area contributed by atoms with Crippen molar-refractivity contribution in [2.24, 2.45) is 5.84 Å². The Balaban J connectivity index is 2.49. The van der Waals surface area contributed by atoms with Gasteiger partial charge in [-0.05, 0) is 18.6 Å². The maximum Gasteiger partial charge on any atom is 0.164 e. The molecule has 1 aromatic carbocycles.